The number of hydrogen-bond donors (Lipinski definition) is 0. The van der Waals surface area contributed by atoms with E-state index >= 15 is 0 Å². The van der Waals surface area contributed by atoms with E-state index in [0.717, 1.165) is 0 Å². The van der Waals surface area contributed by atoms with Crippen molar-refractivity contribution in [1.82, 2.24) is 4.31 Å². The van der Waals surface area contributed by atoms with Crippen molar-refractivity contribution >= 4 is 21.7 Å². The van der Waals surface area contributed by atoms with E-state index in [2.05, 4.69) is 0 Å². The molecule has 10 heteroatoms. The summed E-state index contributed by atoms with van der Waals surface area (Å²) in [5.41, 5.74) is 0.628. The molecule has 1 fully saturated rings. The lowest BCUT2D eigenvalue weighted by molar-refractivity contribution is -0.384. The van der Waals surface area contributed by atoms with E-state index in [-0.39, 0.29) is 35.8 Å². The van der Waals surface area contributed by atoms with E-state index in [1.807, 2.05) is 0 Å². The molecule has 1 heterocycles. The highest BCUT2D eigenvalue weighted by Crippen LogP contribution is 2.19. The summed E-state index contributed by atoms with van der Waals surface area (Å²) in [6, 6.07) is 11.3. The SMILES string of the molecule is O=C(OCc1ccc([N+](=O)[O-])cc1)c1cccc(S(=O)(=O)N2CCOCC2)c1. The number of carbonyl (C=O) groups excluding carboxylic acids is 1. The Labute approximate surface area is 161 Å². The first-order valence-corrected chi connectivity index (χ1v) is 9.90. The van der Waals surface area contributed by atoms with Crippen molar-refractivity contribution in [2.45, 2.75) is 11.5 Å². The van der Waals surface area contributed by atoms with E-state index in [1.165, 1.54) is 52.8 Å². The third-order valence-corrected chi connectivity index (χ3v) is 6.09. The van der Waals surface area contributed by atoms with Crippen molar-refractivity contribution in [2.24, 2.45) is 0 Å². The molecule has 9 nitrogen and oxygen atoms in total. The van der Waals surface area contributed by atoms with Gasteiger partial charge in [-0.15, -0.1) is 0 Å². The number of rotatable bonds is 6. The molecule has 2 aromatic carbocycles. The van der Waals surface area contributed by atoms with Crippen LogP contribution in [-0.4, -0.2) is 49.9 Å². The van der Waals surface area contributed by atoms with Crippen LogP contribution < -0.4 is 0 Å². The third-order valence-electron chi connectivity index (χ3n) is 4.19. The van der Waals surface area contributed by atoms with E-state index in [9.17, 15) is 23.3 Å². The highest BCUT2D eigenvalue weighted by Gasteiger charge is 2.27. The Balaban J connectivity index is 1.69. The van der Waals surface area contributed by atoms with Crippen molar-refractivity contribution < 1.29 is 27.6 Å². The molecule has 1 aliphatic rings. The smallest absolute Gasteiger partial charge is 0.338 e. The second-order valence-corrected chi connectivity index (χ2v) is 7.98. The maximum atomic E-state index is 12.7. The average molecular weight is 406 g/mol. The highest BCUT2D eigenvalue weighted by atomic mass is 32.2. The van der Waals surface area contributed by atoms with Crippen molar-refractivity contribution in [3.8, 4) is 0 Å². The number of ether oxygens (including phenoxy) is 2. The minimum atomic E-state index is -3.72. The molecule has 2 aromatic rings. The maximum absolute atomic E-state index is 12.7. The number of benzene rings is 2. The van der Waals surface area contributed by atoms with Crippen LogP contribution >= 0.6 is 0 Å². The van der Waals surface area contributed by atoms with Crippen LogP contribution in [0.2, 0.25) is 0 Å². The first kappa shape index (κ1) is 19.9. The maximum Gasteiger partial charge on any atom is 0.338 e. The largest absolute Gasteiger partial charge is 0.457 e. The quantitative estimate of drug-likeness (QED) is 0.409. The van der Waals surface area contributed by atoms with Gasteiger partial charge in [0, 0.05) is 25.2 Å². The van der Waals surface area contributed by atoms with Crippen molar-refractivity contribution in [3.63, 3.8) is 0 Å². The number of sulfonamides is 1. The monoisotopic (exact) mass is 406 g/mol. The summed E-state index contributed by atoms with van der Waals surface area (Å²) in [5.74, 6) is -0.683. The molecule has 3 rings (SSSR count). The fourth-order valence-corrected chi connectivity index (χ4v) is 4.12. The second kappa shape index (κ2) is 8.46. The van der Waals surface area contributed by atoms with Crippen LogP contribution in [0.4, 0.5) is 5.69 Å². The molecule has 0 bridgehead atoms. The van der Waals surface area contributed by atoms with Gasteiger partial charge in [0.2, 0.25) is 10.0 Å². The molecule has 0 unspecified atom stereocenters. The van der Waals surface area contributed by atoms with Gasteiger partial charge in [-0.25, -0.2) is 13.2 Å². The molecule has 0 atom stereocenters. The molecular weight excluding hydrogens is 388 g/mol. The number of nitro benzene ring substituents is 1. The zero-order valence-electron chi connectivity index (χ0n) is 14.8. The van der Waals surface area contributed by atoms with Gasteiger partial charge in [-0.1, -0.05) is 6.07 Å². The predicted molar refractivity (Wildman–Crippen MR) is 98.2 cm³/mol. The van der Waals surface area contributed by atoms with Crippen LogP contribution in [0.3, 0.4) is 0 Å². The number of morpholine rings is 1. The summed E-state index contributed by atoms with van der Waals surface area (Å²) in [6.45, 7) is 1.10. The van der Waals surface area contributed by atoms with Crippen LogP contribution in [0, 0.1) is 10.1 Å². The fourth-order valence-electron chi connectivity index (χ4n) is 2.67. The molecule has 0 saturated carbocycles. The summed E-state index contributed by atoms with van der Waals surface area (Å²) in [7, 11) is -3.72. The number of carbonyl (C=O) groups is 1. The lowest BCUT2D eigenvalue weighted by Gasteiger charge is -2.26. The number of esters is 1. The Bertz CT molecular complexity index is 968. The third kappa shape index (κ3) is 4.53. The molecule has 0 amide bonds. The Hall–Kier alpha value is -2.82. The van der Waals surface area contributed by atoms with Crippen molar-refractivity contribution in [3.05, 3.63) is 69.8 Å². The second-order valence-electron chi connectivity index (χ2n) is 6.04. The van der Waals surface area contributed by atoms with E-state index in [0.29, 0.717) is 18.8 Å². The molecule has 0 spiro atoms. The van der Waals surface area contributed by atoms with Crippen LogP contribution in [-0.2, 0) is 26.1 Å². The van der Waals surface area contributed by atoms with Gasteiger partial charge in [0.15, 0.2) is 0 Å². The van der Waals surface area contributed by atoms with Gasteiger partial charge in [0.1, 0.15) is 6.61 Å². The van der Waals surface area contributed by atoms with E-state index in [4.69, 9.17) is 9.47 Å². The topological polar surface area (TPSA) is 116 Å². The van der Waals surface area contributed by atoms with Gasteiger partial charge >= 0.3 is 5.97 Å². The zero-order valence-corrected chi connectivity index (χ0v) is 15.6. The minimum absolute atomic E-state index is 0.0131. The van der Waals surface area contributed by atoms with Crippen LogP contribution in [0.5, 0.6) is 0 Å². The first-order chi connectivity index (χ1) is 13.4. The minimum Gasteiger partial charge on any atom is -0.457 e. The number of nitrogens with zero attached hydrogens (tertiary/aromatic N) is 2. The molecule has 1 saturated heterocycles. The Morgan fingerprint density at radius 1 is 1.14 bits per heavy atom. The van der Waals surface area contributed by atoms with Crippen LogP contribution in [0.1, 0.15) is 15.9 Å². The van der Waals surface area contributed by atoms with Crippen molar-refractivity contribution in [1.29, 1.82) is 0 Å². The molecule has 148 valence electrons. The fraction of sp³-hybridized carbons (Fsp3) is 0.278. The summed E-state index contributed by atoms with van der Waals surface area (Å²) in [6.07, 6.45) is 0. The Morgan fingerprint density at radius 3 is 2.46 bits per heavy atom. The Kier molecular flexibility index (Phi) is 6.02. The predicted octanol–water partition coefficient (Wildman–Crippen LogP) is 1.97. The number of hydrogen-bond acceptors (Lipinski definition) is 7. The van der Waals surface area contributed by atoms with Gasteiger partial charge in [-0.3, -0.25) is 10.1 Å². The molecule has 28 heavy (non-hydrogen) atoms. The average Bonchev–Trinajstić information content (AvgIpc) is 2.73. The molecule has 0 radical (unpaired) electrons. The molecular formula is C18H18N2O7S. The molecule has 0 aliphatic carbocycles. The number of nitro groups is 1. The first-order valence-electron chi connectivity index (χ1n) is 8.46. The van der Waals surface area contributed by atoms with Gasteiger partial charge in [-0.05, 0) is 35.9 Å². The van der Waals surface area contributed by atoms with E-state index < -0.39 is 20.9 Å². The number of non-ortho nitro benzene ring substituents is 1. The molecule has 0 N–H and O–H groups in total. The lowest BCUT2D eigenvalue weighted by atomic mass is 10.2. The van der Waals surface area contributed by atoms with Crippen molar-refractivity contribution in [2.75, 3.05) is 26.3 Å². The Morgan fingerprint density at radius 2 is 1.82 bits per heavy atom. The van der Waals surface area contributed by atoms with Gasteiger partial charge in [-0.2, -0.15) is 4.31 Å². The normalized spacial score (nSPS) is 15.1. The van der Waals surface area contributed by atoms with Crippen LogP contribution in [0.15, 0.2) is 53.4 Å². The van der Waals surface area contributed by atoms with Crippen LogP contribution in [0.25, 0.3) is 0 Å². The zero-order chi connectivity index (χ0) is 20.1. The molecule has 0 aromatic heterocycles. The molecule has 1 aliphatic heterocycles. The summed E-state index contributed by atoms with van der Waals surface area (Å²) in [5, 5.41) is 10.7. The summed E-state index contributed by atoms with van der Waals surface area (Å²) in [4.78, 5) is 22.4. The van der Waals surface area contributed by atoms with E-state index in [1.54, 1.807) is 0 Å². The lowest BCUT2D eigenvalue weighted by Crippen LogP contribution is -2.40. The van der Waals surface area contributed by atoms with Gasteiger partial charge in [0.25, 0.3) is 5.69 Å². The summed E-state index contributed by atoms with van der Waals surface area (Å²) >= 11 is 0. The van der Waals surface area contributed by atoms with Gasteiger partial charge < -0.3 is 9.47 Å². The highest BCUT2D eigenvalue weighted by molar-refractivity contribution is 7.89. The van der Waals surface area contributed by atoms with Gasteiger partial charge in [0.05, 0.1) is 28.6 Å². The summed E-state index contributed by atoms with van der Waals surface area (Å²) < 4.78 is 37.1. The standard InChI is InChI=1S/C18H18N2O7S/c21-18(27-13-14-4-6-16(7-5-14)20(22)23)15-2-1-3-17(12-15)28(24,25)19-8-10-26-11-9-19/h1-7,12H,8-11,13H2.